The van der Waals surface area contributed by atoms with Gasteiger partial charge in [-0.15, -0.1) is 0 Å². The molecule has 1 aliphatic heterocycles. The third-order valence-corrected chi connectivity index (χ3v) is 4.92. The average Bonchev–Trinajstić information content (AvgIpc) is 2.72. The zero-order valence-electron chi connectivity index (χ0n) is 15.6. The minimum Gasteiger partial charge on any atom is -0.497 e. The van der Waals surface area contributed by atoms with Crippen LogP contribution in [0.15, 0.2) is 42.5 Å². The van der Waals surface area contributed by atoms with E-state index in [1.54, 1.807) is 14.2 Å². The zero-order chi connectivity index (χ0) is 19.2. The summed E-state index contributed by atoms with van der Waals surface area (Å²) in [5.74, 6) is 0.813. The van der Waals surface area contributed by atoms with Crippen LogP contribution in [0.3, 0.4) is 0 Å². The molecule has 1 heterocycles. The van der Waals surface area contributed by atoms with Gasteiger partial charge in [0.05, 0.1) is 20.1 Å². The first-order valence-electron chi connectivity index (χ1n) is 8.99. The number of ether oxygens (including phenoxy) is 3. The summed E-state index contributed by atoms with van der Waals surface area (Å²) in [5.41, 5.74) is 1.86. The zero-order valence-corrected chi connectivity index (χ0v) is 15.6. The van der Waals surface area contributed by atoms with Crippen molar-refractivity contribution in [3.05, 3.63) is 53.6 Å². The fourth-order valence-electron chi connectivity index (χ4n) is 3.52. The van der Waals surface area contributed by atoms with Crippen molar-refractivity contribution in [2.24, 2.45) is 5.92 Å². The van der Waals surface area contributed by atoms with E-state index in [2.05, 4.69) is 5.32 Å². The second kappa shape index (κ2) is 8.77. The molecule has 6 heteroatoms. The molecule has 6 nitrogen and oxygen atoms in total. The summed E-state index contributed by atoms with van der Waals surface area (Å²) in [6.07, 6.45) is 0.768. The van der Waals surface area contributed by atoms with Gasteiger partial charge in [-0.1, -0.05) is 18.2 Å². The van der Waals surface area contributed by atoms with Crippen LogP contribution < -0.4 is 19.5 Å². The standard InChI is InChI=1S/C21H25NO5/c1-25-15-9-14(10-16(11-15)26-2)13-27-20-6-4-3-5-18(20)17-7-8-22-12-19(17)21(23)24/h3-6,9-11,17,19,22H,7-8,12-13H2,1-2H3,(H,23,24)/t17-,19+/m1/s1. The van der Waals surface area contributed by atoms with Gasteiger partial charge in [-0.3, -0.25) is 4.79 Å². The van der Waals surface area contributed by atoms with Crippen LogP contribution in [0.1, 0.15) is 23.5 Å². The molecule has 0 saturated carbocycles. The molecule has 1 fully saturated rings. The van der Waals surface area contributed by atoms with E-state index in [1.807, 2.05) is 42.5 Å². The minimum atomic E-state index is -0.778. The highest BCUT2D eigenvalue weighted by Gasteiger charge is 2.33. The van der Waals surface area contributed by atoms with Gasteiger partial charge in [-0.2, -0.15) is 0 Å². The van der Waals surface area contributed by atoms with E-state index < -0.39 is 11.9 Å². The molecule has 0 bridgehead atoms. The molecule has 2 atom stereocenters. The minimum absolute atomic E-state index is 0.0696. The summed E-state index contributed by atoms with van der Waals surface area (Å²) in [6.45, 7) is 1.62. The van der Waals surface area contributed by atoms with Crippen molar-refractivity contribution in [1.82, 2.24) is 5.32 Å². The van der Waals surface area contributed by atoms with Crippen molar-refractivity contribution in [3.8, 4) is 17.2 Å². The fraction of sp³-hybridized carbons (Fsp3) is 0.381. The molecule has 0 radical (unpaired) electrons. The number of nitrogens with one attached hydrogen (secondary N) is 1. The SMILES string of the molecule is COc1cc(COc2ccccc2[C@H]2CCNC[C@@H]2C(=O)O)cc(OC)c1. The van der Waals surface area contributed by atoms with Crippen LogP contribution in [0, 0.1) is 5.92 Å². The molecule has 2 N–H and O–H groups in total. The quantitative estimate of drug-likeness (QED) is 0.779. The first-order valence-corrected chi connectivity index (χ1v) is 8.99. The normalized spacial score (nSPS) is 19.3. The number of para-hydroxylation sites is 1. The molecule has 2 aromatic carbocycles. The van der Waals surface area contributed by atoms with Gasteiger partial charge in [-0.25, -0.2) is 0 Å². The van der Waals surface area contributed by atoms with Crippen molar-refractivity contribution in [1.29, 1.82) is 0 Å². The predicted octanol–water partition coefficient (Wildman–Crippen LogP) is 3.06. The third kappa shape index (κ3) is 4.52. The first-order chi connectivity index (χ1) is 13.1. The van der Waals surface area contributed by atoms with E-state index in [4.69, 9.17) is 14.2 Å². The van der Waals surface area contributed by atoms with Crippen molar-refractivity contribution < 1.29 is 24.1 Å². The largest absolute Gasteiger partial charge is 0.497 e. The summed E-state index contributed by atoms with van der Waals surface area (Å²) in [4.78, 5) is 11.7. The van der Waals surface area contributed by atoms with Crippen LogP contribution in [-0.4, -0.2) is 38.4 Å². The van der Waals surface area contributed by atoms with Crippen LogP contribution in [0.5, 0.6) is 17.2 Å². The Hall–Kier alpha value is -2.73. The van der Waals surface area contributed by atoms with Crippen LogP contribution in [0.25, 0.3) is 0 Å². The van der Waals surface area contributed by atoms with Crippen LogP contribution in [-0.2, 0) is 11.4 Å². The molecule has 1 aliphatic rings. The maximum atomic E-state index is 11.7. The summed E-state index contributed by atoms with van der Waals surface area (Å²) in [7, 11) is 3.22. The molecule has 1 saturated heterocycles. The second-order valence-corrected chi connectivity index (χ2v) is 6.59. The Morgan fingerprint density at radius 2 is 1.85 bits per heavy atom. The molecule has 0 spiro atoms. The van der Waals surface area contributed by atoms with Gasteiger partial charge < -0.3 is 24.6 Å². The molecule has 144 valence electrons. The highest BCUT2D eigenvalue weighted by atomic mass is 16.5. The lowest BCUT2D eigenvalue weighted by Crippen LogP contribution is -2.39. The lowest BCUT2D eigenvalue weighted by Gasteiger charge is -2.30. The lowest BCUT2D eigenvalue weighted by atomic mass is 9.81. The Morgan fingerprint density at radius 3 is 2.52 bits per heavy atom. The van der Waals surface area contributed by atoms with Crippen molar-refractivity contribution >= 4 is 5.97 Å². The molecule has 0 aliphatic carbocycles. The number of hydrogen-bond donors (Lipinski definition) is 2. The van der Waals surface area contributed by atoms with Crippen LogP contribution in [0.2, 0.25) is 0 Å². The number of carboxylic acids is 1. The fourth-order valence-corrected chi connectivity index (χ4v) is 3.52. The van der Waals surface area contributed by atoms with Gasteiger partial charge in [0.25, 0.3) is 0 Å². The van der Waals surface area contributed by atoms with Crippen molar-refractivity contribution in [2.75, 3.05) is 27.3 Å². The number of hydrogen-bond acceptors (Lipinski definition) is 5. The van der Waals surface area contributed by atoms with Gasteiger partial charge in [0.2, 0.25) is 0 Å². The molecule has 2 aromatic rings. The monoisotopic (exact) mass is 371 g/mol. The third-order valence-electron chi connectivity index (χ3n) is 4.92. The van der Waals surface area contributed by atoms with Crippen LogP contribution in [0.4, 0.5) is 0 Å². The second-order valence-electron chi connectivity index (χ2n) is 6.59. The average molecular weight is 371 g/mol. The van der Waals surface area contributed by atoms with E-state index in [-0.39, 0.29) is 5.92 Å². The smallest absolute Gasteiger partial charge is 0.308 e. The molecule has 0 amide bonds. The number of aliphatic carboxylic acids is 1. The van der Waals surface area contributed by atoms with E-state index in [1.165, 1.54) is 0 Å². The highest BCUT2D eigenvalue weighted by molar-refractivity contribution is 5.72. The van der Waals surface area contributed by atoms with E-state index in [0.717, 1.165) is 29.8 Å². The maximum absolute atomic E-state index is 11.7. The topological polar surface area (TPSA) is 77.0 Å². The number of methoxy groups -OCH3 is 2. The maximum Gasteiger partial charge on any atom is 0.308 e. The Balaban J connectivity index is 1.81. The van der Waals surface area contributed by atoms with Gasteiger partial charge in [0.15, 0.2) is 0 Å². The van der Waals surface area contributed by atoms with E-state index in [9.17, 15) is 9.90 Å². The van der Waals surface area contributed by atoms with Crippen molar-refractivity contribution in [3.63, 3.8) is 0 Å². The summed E-state index contributed by atoms with van der Waals surface area (Å²) >= 11 is 0. The van der Waals surface area contributed by atoms with Gasteiger partial charge in [-0.05, 0) is 42.3 Å². The highest BCUT2D eigenvalue weighted by Crippen LogP contribution is 2.36. The number of carbonyl (C=O) groups is 1. The molecule has 27 heavy (non-hydrogen) atoms. The van der Waals surface area contributed by atoms with Gasteiger partial charge >= 0.3 is 5.97 Å². The lowest BCUT2D eigenvalue weighted by molar-refractivity contribution is -0.142. The van der Waals surface area contributed by atoms with E-state index >= 15 is 0 Å². The Labute approximate surface area is 159 Å². The van der Waals surface area contributed by atoms with Gasteiger partial charge in [0, 0.05) is 18.5 Å². The molecular formula is C21H25NO5. The predicted molar refractivity (Wildman–Crippen MR) is 102 cm³/mol. The summed E-state index contributed by atoms with van der Waals surface area (Å²) < 4.78 is 16.7. The molecule has 0 aromatic heterocycles. The van der Waals surface area contributed by atoms with Gasteiger partial charge in [0.1, 0.15) is 23.9 Å². The summed E-state index contributed by atoms with van der Waals surface area (Å²) in [6, 6.07) is 13.3. The number of carboxylic acid groups (broad SMARTS) is 1. The van der Waals surface area contributed by atoms with Crippen LogP contribution >= 0.6 is 0 Å². The number of piperidine rings is 1. The molecular weight excluding hydrogens is 346 g/mol. The number of rotatable bonds is 7. The molecule has 3 rings (SSSR count). The molecule has 0 unspecified atom stereocenters. The Morgan fingerprint density at radius 1 is 1.15 bits per heavy atom. The van der Waals surface area contributed by atoms with Crippen molar-refractivity contribution in [2.45, 2.75) is 18.9 Å². The Bertz CT molecular complexity index is 770. The number of benzene rings is 2. The summed E-state index contributed by atoms with van der Waals surface area (Å²) in [5, 5.41) is 12.7. The first kappa shape index (κ1) is 19.0. The Kier molecular flexibility index (Phi) is 6.19. The van der Waals surface area contributed by atoms with E-state index in [0.29, 0.717) is 24.7 Å².